The molecule has 0 bridgehead atoms. The van der Waals surface area contributed by atoms with E-state index in [1.54, 1.807) is 0 Å². The molecule has 1 unspecified atom stereocenters. The van der Waals surface area contributed by atoms with Gasteiger partial charge in [0, 0.05) is 6.42 Å². The maximum atomic E-state index is 2.30. The summed E-state index contributed by atoms with van der Waals surface area (Å²) >= 11 is 0. The second-order valence-electron chi connectivity index (χ2n) is 3.60. The number of hydrogen-bond acceptors (Lipinski definition) is 0. The van der Waals surface area contributed by atoms with E-state index in [0.717, 1.165) is 11.8 Å². The molecule has 60 valence electrons. The third-order valence-corrected chi connectivity index (χ3v) is 1.98. The lowest BCUT2D eigenvalue weighted by molar-refractivity contribution is -0.460. The van der Waals surface area contributed by atoms with Gasteiger partial charge in [0.1, 0.15) is 20.3 Å². The lowest BCUT2D eigenvalue weighted by atomic mass is 9.95. The van der Waals surface area contributed by atoms with Crippen molar-refractivity contribution in [1.82, 2.24) is 0 Å². The van der Waals surface area contributed by atoms with Gasteiger partial charge in [-0.3, -0.25) is 0 Å². The molecular weight excluding hydrogens is 122 g/mol. The summed E-state index contributed by atoms with van der Waals surface area (Å²) < 4.78 is 2.12. The highest BCUT2D eigenvalue weighted by atomic mass is 14.9. The predicted molar refractivity (Wildman–Crippen MR) is 46.8 cm³/mol. The molecule has 0 amide bonds. The summed E-state index contributed by atoms with van der Waals surface area (Å²) in [4.78, 5) is 0. The number of rotatable bonds is 3. The average Bonchev–Trinajstić information content (AvgIpc) is 1.82. The summed E-state index contributed by atoms with van der Waals surface area (Å²) in [5.41, 5.74) is 0. The van der Waals surface area contributed by atoms with Crippen LogP contribution in [0, 0.1) is 11.8 Å². The van der Waals surface area contributed by atoms with Crippen LogP contribution in [0.4, 0.5) is 0 Å². The standard InChI is InChI=1S/C9H20N/c1-8(2)9(3)6-7-10(4)5/h7-9H,6H2,1-5H3/q+1. The predicted octanol–water partition coefficient (Wildman–Crippen LogP) is 2.01. The van der Waals surface area contributed by atoms with E-state index in [4.69, 9.17) is 0 Å². The van der Waals surface area contributed by atoms with Gasteiger partial charge in [0.15, 0.2) is 0 Å². The molecule has 1 atom stereocenters. The van der Waals surface area contributed by atoms with Crippen molar-refractivity contribution in [2.75, 3.05) is 14.1 Å². The molecule has 0 heterocycles. The van der Waals surface area contributed by atoms with Gasteiger partial charge in [-0.05, 0) is 11.8 Å². The lowest BCUT2D eigenvalue weighted by Crippen LogP contribution is -2.08. The molecule has 0 fully saturated rings. The molecule has 0 aliphatic carbocycles. The van der Waals surface area contributed by atoms with E-state index in [1.165, 1.54) is 6.42 Å². The van der Waals surface area contributed by atoms with Crippen molar-refractivity contribution in [3.05, 3.63) is 0 Å². The molecule has 0 aromatic rings. The summed E-state index contributed by atoms with van der Waals surface area (Å²) in [5.74, 6) is 1.61. The topological polar surface area (TPSA) is 3.01 Å². The molecular formula is C9H20N+. The van der Waals surface area contributed by atoms with E-state index < -0.39 is 0 Å². The minimum atomic E-state index is 0.802. The highest BCUT2D eigenvalue weighted by Gasteiger charge is 2.05. The van der Waals surface area contributed by atoms with Crippen LogP contribution in [-0.2, 0) is 0 Å². The van der Waals surface area contributed by atoms with E-state index in [0.29, 0.717) is 0 Å². The largest absolute Gasteiger partial charge is 0.245 e. The molecule has 0 aliphatic heterocycles. The molecule has 0 radical (unpaired) electrons. The highest BCUT2D eigenvalue weighted by molar-refractivity contribution is 5.51. The fraction of sp³-hybridized carbons (Fsp3) is 0.889. The van der Waals surface area contributed by atoms with Crippen LogP contribution in [0.15, 0.2) is 0 Å². The molecule has 0 aromatic carbocycles. The Morgan fingerprint density at radius 3 is 2.00 bits per heavy atom. The van der Waals surface area contributed by atoms with Crippen molar-refractivity contribution >= 4 is 6.21 Å². The van der Waals surface area contributed by atoms with Gasteiger partial charge in [0.05, 0.1) is 0 Å². The Kier molecular flexibility index (Phi) is 4.33. The van der Waals surface area contributed by atoms with Crippen LogP contribution in [0.5, 0.6) is 0 Å². The first kappa shape index (κ1) is 9.67. The third-order valence-electron chi connectivity index (χ3n) is 1.98. The average molecular weight is 142 g/mol. The van der Waals surface area contributed by atoms with E-state index in [1.807, 2.05) is 0 Å². The minimum absolute atomic E-state index is 0.802. The van der Waals surface area contributed by atoms with Gasteiger partial charge in [0.2, 0.25) is 0 Å². The van der Waals surface area contributed by atoms with Gasteiger partial charge in [-0.2, -0.15) is 0 Å². The van der Waals surface area contributed by atoms with Gasteiger partial charge in [-0.1, -0.05) is 20.8 Å². The van der Waals surface area contributed by atoms with E-state index in [2.05, 4.69) is 45.7 Å². The highest BCUT2D eigenvalue weighted by Crippen LogP contribution is 2.11. The normalized spacial score (nSPS) is 13.4. The zero-order valence-electron chi connectivity index (χ0n) is 7.89. The zero-order chi connectivity index (χ0) is 8.15. The van der Waals surface area contributed by atoms with Crippen LogP contribution in [0.2, 0.25) is 0 Å². The van der Waals surface area contributed by atoms with Crippen LogP contribution in [0.25, 0.3) is 0 Å². The summed E-state index contributed by atoms with van der Waals surface area (Å²) in [6, 6.07) is 0. The molecule has 0 spiro atoms. The van der Waals surface area contributed by atoms with Crippen molar-refractivity contribution in [3.8, 4) is 0 Å². The monoisotopic (exact) mass is 142 g/mol. The van der Waals surface area contributed by atoms with Crippen LogP contribution in [-0.4, -0.2) is 24.9 Å². The van der Waals surface area contributed by atoms with E-state index in [9.17, 15) is 0 Å². The Morgan fingerprint density at radius 2 is 1.70 bits per heavy atom. The van der Waals surface area contributed by atoms with Crippen molar-refractivity contribution in [2.24, 2.45) is 11.8 Å². The van der Waals surface area contributed by atoms with Gasteiger partial charge in [0.25, 0.3) is 0 Å². The molecule has 0 saturated heterocycles. The zero-order valence-corrected chi connectivity index (χ0v) is 7.89. The fourth-order valence-corrected chi connectivity index (χ4v) is 0.649. The summed E-state index contributed by atoms with van der Waals surface area (Å²) in [6.45, 7) is 6.84. The molecule has 1 nitrogen and oxygen atoms in total. The lowest BCUT2D eigenvalue weighted by Gasteiger charge is -2.10. The first-order valence-electron chi connectivity index (χ1n) is 4.03. The Morgan fingerprint density at radius 1 is 1.20 bits per heavy atom. The number of nitrogens with zero attached hydrogens (tertiary/aromatic N) is 1. The van der Waals surface area contributed by atoms with Crippen LogP contribution in [0.3, 0.4) is 0 Å². The van der Waals surface area contributed by atoms with E-state index in [-0.39, 0.29) is 0 Å². The third kappa shape index (κ3) is 4.54. The second-order valence-corrected chi connectivity index (χ2v) is 3.60. The summed E-state index contributed by atoms with van der Waals surface area (Å²) in [7, 11) is 4.15. The summed E-state index contributed by atoms with van der Waals surface area (Å²) in [6.07, 6.45) is 3.44. The van der Waals surface area contributed by atoms with Gasteiger partial charge < -0.3 is 0 Å². The first-order valence-corrected chi connectivity index (χ1v) is 4.03. The Balaban J connectivity index is 3.59. The quantitative estimate of drug-likeness (QED) is 0.419. The van der Waals surface area contributed by atoms with Gasteiger partial charge in [-0.15, -0.1) is 0 Å². The molecule has 1 heteroatoms. The summed E-state index contributed by atoms with van der Waals surface area (Å²) in [5, 5.41) is 0. The van der Waals surface area contributed by atoms with Crippen LogP contribution < -0.4 is 0 Å². The van der Waals surface area contributed by atoms with Crippen LogP contribution >= 0.6 is 0 Å². The van der Waals surface area contributed by atoms with Crippen molar-refractivity contribution in [1.29, 1.82) is 0 Å². The van der Waals surface area contributed by atoms with Crippen molar-refractivity contribution in [3.63, 3.8) is 0 Å². The molecule has 0 N–H and O–H groups in total. The molecule has 0 rings (SSSR count). The Hall–Kier alpha value is -0.330. The fourth-order valence-electron chi connectivity index (χ4n) is 0.649. The van der Waals surface area contributed by atoms with Crippen molar-refractivity contribution in [2.45, 2.75) is 27.2 Å². The van der Waals surface area contributed by atoms with Crippen molar-refractivity contribution < 1.29 is 4.58 Å². The second kappa shape index (κ2) is 4.48. The van der Waals surface area contributed by atoms with Gasteiger partial charge in [-0.25, -0.2) is 4.58 Å². The van der Waals surface area contributed by atoms with Gasteiger partial charge >= 0.3 is 0 Å². The first-order chi connectivity index (χ1) is 4.54. The number of hydrogen-bond donors (Lipinski definition) is 0. The molecule has 0 aromatic heterocycles. The Bertz CT molecular complexity index is 110. The van der Waals surface area contributed by atoms with E-state index >= 15 is 0 Å². The molecule has 10 heavy (non-hydrogen) atoms. The van der Waals surface area contributed by atoms with Crippen LogP contribution in [0.1, 0.15) is 27.2 Å². The Labute approximate surface area is 64.8 Å². The SMILES string of the molecule is CC(C)C(C)CC=[N+](C)C. The minimum Gasteiger partial charge on any atom is -0.245 e. The molecule has 0 saturated carbocycles. The maximum absolute atomic E-state index is 2.30. The maximum Gasteiger partial charge on any atom is 0.139 e. The molecule has 0 aliphatic rings. The smallest absolute Gasteiger partial charge is 0.139 e.